The van der Waals surface area contributed by atoms with Crippen LogP contribution in [-0.2, 0) is 6.54 Å². The van der Waals surface area contributed by atoms with E-state index in [2.05, 4.69) is 28.0 Å². The first kappa shape index (κ1) is 12.6. The Morgan fingerprint density at radius 3 is 2.93 bits per heavy atom. The van der Waals surface area contributed by atoms with Crippen molar-refractivity contribution >= 4 is 11.8 Å². The quantitative estimate of drug-likeness (QED) is 0.722. The van der Waals surface area contributed by atoms with E-state index in [0.717, 1.165) is 30.7 Å². The van der Waals surface area contributed by atoms with Crippen LogP contribution in [0.2, 0.25) is 0 Å². The Labute approximate surface area is 96.7 Å². The molecular weight excluding hydrogens is 206 g/mol. The van der Waals surface area contributed by atoms with Crippen LogP contribution >= 0.6 is 11.8 Å². The molecule has 1 unspecified atom stereocenters. The van der Waals surface area contributed by atoms with Gasteiger partial charge in [0.05, 0.1) is 0 Å². The maximum atomic E-state index is 4.19. The van der Waals surface area contributed by atoms with Crippen molar-refractivity contribution in [3.63, 3.8) is 0 Å². The van der Waals surface area contributed by atoms with Crippen LogP contribution in [0.5, 0.6) is 0 Å². The lowest BCUT2D eigenvalue weighted by Crippen LogP contribution is -2.23. The maximum absolute atomic E-state index is 4.19. The lowest BCUT2D eigenvalue weighted by Gasteiger charge is -2.09. The third-order valence-electron chi connectivity index (χ3n) is 2.58. The highest BCUT2D eigenvalue weighted by Crippen LogP contribution is 2.07. The average molecular weight is 227 g/mol. The smallest absolute Gasteiger partial charge is 0.105 e. The average Bonchev–Trinajstić information content (AvgIpc) is 2.63. The summed E-state index contributed by atoms with van der Waals surface area (Å²) < 4.78 is 2.17. The van der Waals surface area contributed by atoms with Crippen molar-refractivity contribution in [2.75, 3.05) is 19.3 Å². The second-order valence-electron chi connectivity index (χ2n) is 3.75. The Balaban J connectivity index is 2.05. The third kappa shape index (κ3) is 4.71. The van der Waals surface area contributed by atoms with Crippen molar-refractivity contribution in [3.05, 3.63) is 18.2 Å². The number of thioether (sulfide) groups is 1. The molecule has 1 N–H and O–H groups in total. The molecule has 1 aromatic rings. The number of nitrogens with one attached hydrogen (secondary N) is 1. The summed E-state index contributed by atoms with van der Waals surface area (Å²) in [7, 11) is 0. The minimum atomic E-state index is 0.757. The van der Waals surface area contributed by atoms with E-state index in [-0.39, 0.29) is 0 Å². The highest BCUT2D eigenvalue weighted by Gasteiger charge is 1.98. The van der Waals surface area contributed by atoms with Crippen molar-refractivity contribution in [1.82, 2.24) is 14.9 Å². The molecule has 1 atom stereocenters. The van der Waals surface area contributed by atoms with Gasteiger partial charge in [-0.2, -0.15) is 11.8 Å². The normalized spacial score (nSPS) is 13.0. The molecule has 0 bridgehead atoms. The zero-order chi connectivity index (χ0) is 11.1. The number of imidazole rings is 1. The number of rotatable bonds is 7. The standard InChI is InChI=1S/C11H21N3S/c1-10(15-3)4-5-12-6-8-14-9-7-13-11(14)2/h7,9-10,12H,4-6,8H2,1-3H3. The lowest BCUT2D eigenvalue weighted by molar-refractivity contribution is 0.575. The van der Waals surface area contributed by atoms with Crippen molar-refractivity contribution in [2.45, 2.75) is 32.1 Å². The molecule has 0 aliphatic carbocycles. The Hall–Kier alpha value is -0.480. The van der Waals surface area contributed by atoms with Gasteiger partial charge in [0.15, 0.2) is 0 Å². The molecule has 1 aromatic heterocycles. The Kier molecular flexibility index (Phi) is 5.79. The minimum Gasteiger partial charge on any atom is -0.334 e. The molecule has 0 saturated carbocycles. The Morgan fingerprint density at radius 1 is 1.53 bits per heavy atom. The second-order valence-corrected chi connectivity index (χ2v) is 5.03. The Bertz CT molecular complexity index is 273. The van der Waals surface area contributed by atoms with Crippen LogP contribution in [-0.4, -0.2) is 34.1 Å². The predicted octanol–water partition coefficient (Wildman–Crippen LogP) is 1.92. The summed E-state index contributed by atoms with van der Waals surface area (Å²) in [5, 5.41) is 4.21. The summed E-state index contributed by atoms with van der Waals surface area (Å²) in [6.07, 6.45) is 7.29. The highest BCUT2D eigenvalue weighted by atomic mass is 32.2. The van der Waals surface area contributed by atoms with Gasteiger partial charge in [0, 0.05) is 30.7 Å². The summed E-state index contributed by atoms with van der Waals surface area (Å²) in [5.74, 6) is 1.09. The first-order chi connectivity index (χ1) is 7.24. The third-order valence-corrected chi connectivity index (χ3v) is 3.62. The molecule has 0 fully saturated rings. The molecule has 0 aromatic carbocycles. The minimum absolute atomic E-state index is 0.757. The van der Waals surface area contributed by atoms with Crippen LogP contribution < -0.4 is 5.32 Å². The van der Waals surface area contributed by atoms with Crippen molar-refractivity contribution in [3.8, 4) is 0 Å². The van der Waals surface area contributed by atoms with Gasteiger partial charge in [0.1, 0.15) is 5.82 Å². The molecule has 0 amide bonds. The van der Waals surface area contributed by atoms with Gasteiger partial charge in [0.2, 0.25) is 0 Å². The molecule has 0 spiro atoms. The number of hydrogen-bond acceptors (Lipinski definition) is 3. The van der Waals surface area contributed by atoms with E-state index in [0.29, 0.717) is 0 Å². The van der Waals surface area contributed by atoms with Gasteiger partial charge in [-0.15, -0.1) is 0 Å². The molecule has 0 aliphatic rings. The molecule has 0 saturated heterocycles. The SMILES string of the molecule is CSC(C)CCNCCn1ccnc1C. The van der Waals surface area contributed by atoms with Gasteiger partial charge in [-0.05, 0) is 26.1 Å². The van der Waals surface area contributed by atoms with Gasteiger partial charge >= 0.3 is 0 Å². The van der Waals surface area contributed by atoms with Crippen LogP contribution in [0.4, 0.5) is 0 Å². The van der Waals surface area contributed by atoms with E-state index < -0.39 is 0 Å². The zero-order valence-electron chi connectivity index (χ0n) is 9.86. The molecule has 0 aliphatic heterocycles. The molecular formula is C11H21N3S. The Morgan fingerprint density at radius 2 is 2.33 bits per heavy atom. The zero-order valence-corrected chi connectivity index (χ0v) is 10.7. The van der Waals surface area contributed by atoms with Gasteiger partial charge < -0.3 is 9.88 Å². The highest BCUT2D eigenvalue weighted by molar-refractivity contribution is 7.99. The topological polar surface area (TPSA) is 29.9 Å². The van der Waals surface area contributed by atoms with Gasteiger partial charge in [-0.3, -0.25) is 0 Å². The van der Waals surface area contributed by atoms with E-state index in [1.54, 1.807) is 0 Å². The van der Waals surface area contributed by atoms with Crippen LogP contribution in [0.3, 0.4) is 0 Å². The van der Waals surface area contributed by atoms with Gasteiger partial charge in [0.25, 0.3) is 0 Å². The van der Waals surface area contributed by atoms with E-state index in [1.807, 2.05) is 31.1 Å². The summed E-state index contributed by atoms with van der Waals surface area (Å²) in [6.45, 7) is 7.45. The monoisotopic (exact) mass is 227 g/mol. The maximum Gasteiger partial charge on any atom is 0.105 e. The second kappa shape index (κ2) is 6.90. The fourth-order valence-corrected chi connectivity index (χ4v) is 1.74. The number of nitrogens with zero attached hydrogens (tertiary/aromatic N) is 2. The van der Waals surface area contributed by atoms with E-state index >= 15 is 0 Å². The van der Waals surface area contributed by atoms with Crippen LogP contribution in [0, 0.1) is 6.92 Å². The number of aryl methyl sites for hydroxylation is 1. The largest absolute Gasteiger partial charge is 0.334 e. The predicted molar refractivity (Wildman–Crippen MR) is 67.4 cm³/mol. The van der Waals surface area contributed by atoms with Crippen LogP contribution in [0.15, 0.2) is 12.4 Å². The summed E-state index contributed by atoms with van der Waals surface area (Å²) in [4.78, 5) is 4.19. The molecule has 0 radical (unpaired) electrons. The summed E-state index contributed by atoms with van der Waals surface area (Å²) in [5.41, 5.74) is 0. The summed E-state index contributed by atoms with van der Waals surface area (Å²) >= 11 is 1.93. The summed E-state index contributed by atoms with van der Waals surface area (Å²) in [6, 6.07) is 0. The fraction of sp³-hybridized carbons (Fsp3) is 0.727. The van der Waals surface area contributed by atoms with E-state index in [4.69, 9.17) is 0 Å². The van der Waals surface area contributed by atoms with Crippen molar-refractivity contribution in [2.24, 2.45) is 0 Å². The van der Waals surface area contributed by atoms with Gasteiger partial charge in [-0.25, -0.2) is 4.98 Å². The molecule has 86 valence electrons. The van der Waals surface area contributed by atoms with Crippen molar-refractivity contribution in [1.29, 1.82) is 0 Å². The molecule has 4 heteroatoms. The van der Waals surface area contributed by atoms with Gasteiger partial charge in [-0.1, -0.05) is 6.92 Å². The molecule has 3 nitrogen and oxygen atoms in total. The van der Waals surface area contributed by atoms with E-state index in [1.165, 1.54) is 6.42 Å². The van der Waals surface area contributed by atoms with Crippen molar-refractivity contribution < 1.29 is 0 Å². The molecule has 1 heterocycles. The first-order valence-corrected chi connectivity index (χ1v) is 6.74. The van der Waals surface area contributed by atoms with Crippen LogP contribution in [0.25, 0.3) is 0 Å². The van der Waals surface area contributed by atoms with E-state index in [9.17, 15) is 0 Å². The molecule has 1 rings (SSSR count). The lowest BCUT2D eigenvalue weighted by atomic mass is 10.3. The fourth-order valence-electron chi connectivity index (χ4n) is 1.39. The molecule has 15 heavy (non-hydrogen) atoms. The number of aromatic nitrogens is 2. The first-order valence-electron chi connectivity index (χ1n) is 5.45. The number of hydrogen-bond donors (Lipinski definition) is 1. The van der Waals surface area contributed by atoms with Crippen LogP contribution in [0.1, 0.15) is 19.2 Å².